The maximum absolute atomic E-state index is 12.1. The van der Waals surface area contributed by atoms with E-state index in [2.05, 4.69) is 5.32 Å². The molecule has 2 saturated carbocycles. The van der Waals surface area contributed by atoms with Crippen molar-refractivity contribution in [3.63, 3.8) is 0 Å². The summed E-state index contributed by atoms with van der Waals surface area (Å²) in [6.07, 6.45) is 13.1. The van der Waals surface area contributed by atoms with Crippen molar-refractivity contribution in [1.29, 1.82) is 0 Å². The second-order valence-corrected chi connectivity index (χ2v) is 7.71. The predicted molar refractivity (Wildman–Crippen MR) is 85.0 cm³/mol. The molecule has 0 radical (unpaired) electrons. The molecule has 4 heteroatoms. The molecule has 3 aliphatic rings. The molecule has 1 heterocycles. The molecule has 20 heavy (non-hydrogen) atoms. The van der Waals surface area contributed by atoms with E-state index in [-0.39, 0.29) is 11.2 Å². The molecule has 112 valence electrons. The van der Waals surface area contributed by atoms with Crippen molar-refractivity contribution >= 4 is 22.8 Å². The highest BCUT2D eigenvalue weighted by molar-refractivity contribution is 8.15. The summed E-state index contributed by atoms with van der Waals surface area (Å²) in [4.78, 5) is 16.8. The first-order chi connectivity index (χ1) is 9.83. The summed E-state index contributed by atoms with van der Waals surface area (Å²) in [7, 11) is 0. The highest BCUT2D eigenvalue weighted by Gasteiger charge is 2.37. The largest absolute Gasteiger partial charge is 0.304 e. The fourth-order valence-electron chi connectivity index (χ4n) is 3.79. The van der Waals surface area contributed by atoms with E-state index in [0.29, 0.717) is 5.92 Å². The van der Waals surface area contributed by atoms with Gasteiger partial charge in [-0.05, 0) is 37.5 Å². The van der Waals surface area contributed by atoms with Gasteiger partial charge in [0.1, 0.15) is 0 Å². The van der Waals surface area contributed by atoms with E-state index >= 15 is 0 Å². The van der Waals surface area contributed by atoms with Gasteiger partial charge in [-0.2, -0.15) is 0 Å². The van der Waals surface area contributed by atoms with Gasteiger partial charge < -0.3 is 5.32 Å². The molecule has 1 aliphatic heterocycles. The number of nitrogens with zero attached hydrogens (tertiary/aromatic N) is 1. The van der Waals surface area contributed by atoms with E-state index in [1.54, 1.807) is 11.8 Å². The maximum Gasteiger partial charge on any atom is 0.239 e. The van der Waals surface area contributed by atoms with Gasteiger partial charge in [-0.25, -0.2) is 0 Å². The van der Waals surface area contributed by atoms with Crippen LogP contribution in [0, 0.1) is 11.8 Å². The summed E-state index contributed by atoms with van der Waals surface area (Å²) in [5.41, 5.74) is 0. The zero-order chi connectivity index (χ0) is 13.8. The van der Waals surface area contributed by atoms with Crippen molar-refractivity contribution in [2.24, 2.45) is 16.8 Å². The van der Waals surface area contributed by atoms with Crippen molar-refractivity contribution < 1.29 is 4.79 Å². The smallest absolute Gasteiger partial charge is 0.239 e. The quantitative estimate of drug-likeness (QED) is 0.861. The Hall–Kier alpha value is -0.510. The van der Waals surface area contributed by atoms with Crippen molar-refractivity contribution in [3.05, 3.63) is 0 Å². The van der Waals surface area contributed by atoms with Gasteiger partial charge >= 0.3 is 0 Å². The van der Waals surface area contributed by atoms with Crippen molar-refractivity contribution in [2.45, 2.75) is 69.5 Å². The van der Waals surface area contributed by atoms with Crippen LogP contribution in [-0.2, 0) is 4.79 Å². The summed E-state index contributed by atoms with van der Waals surface area (Å²) < 4.78 is 0. The molecule has 3 nitrogen and oxygen atoms in total. The van der Waals surface area contributed by atoms with Crippen LogP contribution in [0.15, 0.2) is 4.99 Å². The molecule has 3 rings (SSSR count). The number of thioether (sulfide) groups is 1. The van der Waals surface area contributed by atoms with Crippen molar-refractivity contribution in [3.8, 4) is 0 Å². The van der Waals surface area contributed by atoms with E-state index in [0.717, 1.165) is 17.6 Å². The van der Waals surface area contributed by atoms with Crippen LogP contribution < -0.4 is 5.32 Å². The number of carbonyl (C=O) groups is 1. The Balaban J connectivity index is 1.52. The number of amidine groups is 1. The summed E-state index contributed by atoms with van der Waals surface area (Å²) in [5, 5.41) is 4.05. The van der Waals surface area contributed by atoms with Crippen LogP contribution >= 0.6 is 11.8 Å². The molecule has 1 amide bonds. The maximum atomic E-state index is 12.1. The lowest BCUT2D eigenvalue weighted by molar-refractivity contribution is -0.119. The lowest BCUT2D eigenvalue weighted by Crippen LogP contribution is -2.31. The molecule has 1 N–H and O–H groups in total. The lowest BCUT2D eigenvalue weighted by Gasteiger charge is -2.24. The van der Waals surface area contributed by atoms with Crippen LogP contribution in [0.3, 0.4) is 0 Å². The first kappa shape index (κ1) is 14.4. The molecule has 2 aliphatic carbocycles. The molecule has 0 aromatic heterocycles. The fraction of sp³-hybridized carbons (Fsp3) is 0.875. The zero-order valence-corrected chi connectivity index (χ0v) is 13.1. The Kier molecular flexibility index (Phi) is 5.03. The first-order valence-corrected chi connectivity index (χ1v) is 9.23. The lowest BCUT2D eigenvalue weighted by atomic mass is 9.86. The van der Waals surface area contributed by atoms with E-state index in [4.69, 9.17) is 4.99 Å². The van der Waals surface area contributed by atoms with Crippen molar-refractivity contribution in [2.75, 3.05) is 6.54 Å². The number of carbonyl (C=O) groups excluding carboxylic acids is 1. The van der Waals surface area contributed by atoms with Crippen LogP contribution in [0.1, 0.15) is 64.2 Å². The minimum atomic E-state index is 0.139. The Morgan fingerprint density at radius 2 is 1.65 bits per heavy atom. The third kappa shape index (κ3) is 3.57. The van der Waals surface area contributed by atoms with Crippen LogP contribution in [0.4, 0.5) is 0 Å². The third-order valence-electron chi connectivity index (χ3n) is 5.02. The molecule has 0 bridgehead atoms. The van der Waals surface area contributed by atoms with E-state index in [9.17, 15) is 4.79 Å². The van der Waals surface area contributed by atoms with E-state index in [1.807, 2.05) is 0 Å². The van der Waals surface area contributed by atoms with Gasteiger partial charge in [0.05, 0.1) is 5.25 Å². The van der Waals surface area contributed by atoms with Crippen molar-refractivity contribution in [1.82, 2.24) is 5.32 Å². The Bertz CT molecular complexity index is 371. The SMILES string of the molecule is O=C1NC(=NCC2CCCCC2)SC1C1CCCCC1. The number of amides is 1. The molecule has 3 fully saturated rings. The summed E-state index contributed by atoms with van der Waals surface area (Å²) >= 11 is 1.70. The summed E-state index contributed by atoms with van der Waals surface area (Å²) in [6.45, 7) is 0.917. The highest BCUT2D eigenvalue weighted by Crippen LogP contribution is 2.36. The summed E-state index contributed by atoms with van der Waals surface area (Å²) in [6, 6.07) is 0. The average molecular weight is 294 g/mol. The monoisotopic (exact) mass is 294 g/mol. The molecule has 0 aromatic rings. The minimum absolute atomic E-state index is 0.139. The van der Waals surface area contributed by atoms with Gasteiger partial charge in [-0.15, -0.1) is 0 Å². The number of nitrogens with one attached hydrogen (secondary N) is 1. The van der Waals surface area contributed by atoms with Gasteiger partial charge in [0.15, 0.2) is 5.17 Å². The normalized spacial score (nSPS) is 31.7. The number of hydrogen-bond acceptors (Lipinski definition) is 3. The second kappa shape index (κ2) is 6.97. The van der Waals surface area contributed by atoms with Crippen LogP contribution in [0.5, 0.6) is 0 Å². The van der Waals surface area contributed by atoms with Gasteiger partial charge in [0, 0.05) is 6.54 Å². The number of aliphatic imine (C=N–C) groups is 1. The molecular formula is C16H26N2OS. The standard InChI is InChI=1S/C16H26N2OS/c19-15-14(13-9-5-2-6-10-13)20-16(18-15)17-11-12-7-3-1-4-8-12/h12-14H,1-11H2,(H,17,18,19). The molecule has 1 saturated heterocycles. The Morgan fingerprint density at radius 3 is 2.35 bits per heavy atom. The Labute approximate surface area is 126 Å². The number of rotatable bonds is 3. The molecular weight excluding hydrogens is 268 g/mol. The van der Waals surface area contributed by atoms with E-state index < -0.39 is 0 Å². The molecule has 0 aromatic carbocycles. The number of hydrogen-bond donors (Lipinski definition) is 1. The highest BCUT2D eigenvalue weighted by atomic mass is 32.2. The van der Waals surface area contributed by atoms with Gasteiger partial charge in [-0.3, -0.25) is 9.79 Å². The second-order valence-electron chi connectivity index (χ2n) is 6.58. The minimum Gasteiger partial charge on any atom is -0.304 e. The zero-order valence-electron chi connectivity index (χ0n) is 12.3. The summed E-state index contributed by atoms with van der Waals surface area (Å²) in [5.74, 6) is 1.54. The van der Waals surface area contributed by atoms with Gasteiger partial charge in [0.25, 0.3) is 0 Å². The molecule has 1 unspecified atom stereocenters. The van der Waals surface area contributed by atoms with Crippen LogP contribution in [0.2, 0.25) is 0 Å². The first-order valence-electron chi connectivity index (χ1n) is 8.35. The molecule has 0 spiro atoms. The van der Waals surface area contributed by atoms with E-state index in [1.165, 1.54) is 64.2 Å². The predicted octanol–water partition coefficient (Wildman–Crippen LogP) is 3.73. The third-order valence-corrected chi connectivity index (χ3v) is 6.33. The molecule has 1 atom stereocenters. The average Bonchev–Trinajstić information content (AvgIpc) is 2.88. The Morgan fingerprint density at radius 1 is 1.00 bits per heavy atom. The van der Waals surface area contributed by atoms with Crippen LogP contribution in [0.25, 0.3) is 0 Å². The topological polar surface area (TPSA) is 41.5 Å². The fourth-order valence-corrected chi connectivity index (χ4v) is 4.97. The van der Waals surface area contributed by atoms with Gasteiger partial charge in [0.2, 0.25) is 5.91 Å². The van der Waals surface area contributed by atoms with Gasteiger partial charge in [-0.1, -0.05) is 50.3 Å². The van der Waals surface area contributed by atoms with Crippen LogP contribution in [-0.4, -0.2) is 22.9 Å².